The summed E-state index contributed by atoms with van der Waals surface area (Å²) >= 11 is 1.43. The van der Waals surface area contributed by atoms with Gasteiger partial charge in [-0.1, -0.05) is 55.9 Å². The van der Waals surface area contributed by atoms with Gasteiger partial charge in [0.15, 0.2) is 0 Å². The number of benzene rings is 2. The Morgan fingerprint density at radius 1 is 1.16 bits per heavy atom. The highest BCUT2D eigenvalue weighted by molar-refractivity contribution is 8.04. The van der Waals surface area contributed by atoms with Gasteiger partial charge in [-0.15, -0.1) is 0 Å². The molecule has 0 spiro atoms. The first-order chi connectivity index (χ1) is 15.5. The number of piperidine rings is 1. The highest BCUT2D eigenvalue weighted by Crippen LogP contribution is 2.39. The normalized spacial score (nSPS) is 22.3. The molecule has 6 heteroatoms. The molecule has 2 aliphatic rings. The van der Waals surface area contributed by atoms with Crippen LogP contribution in [0.4, 0.5) is 5.69 Å². The average Bonchev–Trinajstić information content (AvgIpc) is 2.77. The Kier molecular flexibility index (Phi) is 7.33. The SMILES string of the molecule is C[C@H]1C[C@H](C)CN(CCCNC(=O)c2ccc3c(c2)NC(=O)/C(=C/c2ccccc2)S3)C1. The zero-order chi connectivity index (χ0) is 22.5. The smallest absolute Gasteiger partial charge is 0.262 e. The molecule has 2 amide bonds. The predicted octanol–water partition coefficient (Wildman–Crippen LogP) is 4.87. The maximum atomic E-state index is 12.6. The van der Waals surface area contributed by atoms with E-state index in [0.29, 0.717) is 22.7 Å². The number of thioether (sulfide) groups is 1. The fraction of sp³-hybridized carbons (Fsp3) is 0.385. The Bertz CT molecular complexity index is 995. The van der Waals surface area contributed by atoms with E-state index in [9.17, 15) is 9.59 Å². The number of nitrogens with zero attached hydrogens (tertiary/aromatic N) is 1. The lowest BCUT2D eigenvalue weighted by Gasteiger charge is -2.34. The third-order valence-electron chi connectivity index (χ3n) is 5.91. The van der Waals surface area contributed by atoms with E-state index in [4.69, 9.17) is 0 Å². The van der Waals surface area contributed by atoms with Crippen LogP contribution >= 0.6 is 11.8 Å². The standard InChI is InChI=1S/C26H31N3O2S/c1-18-13-19(2)17-29(16-18)12-6-11-27-25(30)21-9-10-23-22(15-21)28-26(31)24(32-23)14-20-7-4-3-5-8-20/h3-5,7-10,14-15,18-19H,6,11-13,16-17H2,1-2H3,(H,27,30)(H,28,31)/b24-14-/t18-,19-/m0/s1. The zero-order valence-corrected chi connectivity index (χ0v) is 19.6. The summed E-state index contributed by atoms with van der Waals surface area (Å²) in [5.41, 5.74) is 2.24. The first-order valence-electron chi connectivity index (χ1n) is 11.4. The average molecular weight is 450 g/mol. The molecular weight excluding hydrogens is 418 g/mol. The van der Waals surface area contributed by atoms with Gasteiger partial charge in [-0.05, 0) is 61.1 Å². The monoisotopic (exact) mass is 449 g/mol. The highest BCUT2D eigenvalue weighted by atomic mass is 32.2. The Morgan fingerprint density at radius 3 is 2.66 bits per heavy atom. The van der Waals surface area contributed by atoms with Crippen LogP contribution in [0.5, 0.6) is 0 Å². The van der Waals surface area contributed by atoms with E-state index in [0.717, 1.165) is 48.3 Å². The summed E-state index contributed by atoms with van der Waals surface area (Å²) in [7, 11) is 0. The molecule has 168 valence electrons. The van der Waals surface area contributed by atoms with Gasteiger partial charge in [-0.3, -0.25) is 9.59 Å². The second-order valence-electron chi connectivity index (χ2n) is 9.00. The molecular formula is C26H31N3O2S. The largest absolute Gasteiger partial charge is 0.352 e. The molecule has 2 aliphatic heterocycles. The summed E-state index contributed by atoms with van der Waals surface area (Å²) in [6, 6.07) is 15.3. The molecule has 2 aromatic carbocycles. The van der Waals surface area contributed by atoms with Crippen molar-refractivity contribution in [3.63, 3.8) is 0 Å². The van der Waals surface area contributed by atoms with Crippen LogP contribution in [0.25, 0.3) is 6.08 Å². The predicted molar refractivity (Wildman–Crippen MR) is 132 cm³/mol. The van der Waals surface area contributed by atoms with Gasteiger partial charge in [0.1, 0.15) is 0 Å². The van der Waals surface area contributed by atoms with Crippen LogP contribution < -0.4 is 10.6 Å². The Morgan fingerprint density at radius 2 is 1.91 bits per heavy atom. The van der Waals surface area contributed by atoms with Crippen molar-refractivity contribution in [2.45, 2.75) is 31.6 Å². The number of amides is 2. The molecule has 0 radical (unpaired) electrons. The number of hydrogen-bond acceptors (Lipinski definition) is 4. The van der Waals surface area contributed by atoms with E-state index in [1.165, 1.54) is 18.2 Å². The number of carbonyl (C=O) groups excluding carboxylic acids is 2. The van der Waals surface area contributed by atoms with Gasteiger partial charge in [-0.2, -0.15) is 0 Å². The first kappa shape index (κ1) is 22.6. The third-order valence-corrected chi connectivity index (χ3v) is 7.01. The van der Waals surface area contributed by atoms with Gasteiger partial charge in [-0.25, -0.2) is 0 Å². The summed E-state index contributed by atoms with van der Waals surface area (Å²) < 4.78 is 0. The summed E-state index contributed by atoms with van der Waals surface area (Å²) in [5.74, 6) is 1.26. The number of nitrogens with one attached hydrogen (secondary N) is 2. The van der Waals surface area contributed by atoms with Crippen LogP contribution in [-0.2, 0) is 4.79 Å². The molecule has 2 aromatic rings. The van der Waals surface area contributed by atoms with Crippen LogP contribution in [0.15, 0.2) is 58.3 Å². The third kappa shape index (κ3) is 5.81. The minimum atomic E-state index is -0.145. The minimum absolute atomic E-state index is 0.0990. The van der Waals surface area contributed by atoms with Crippen molar-refractivity contribution < 1.29 is 9.59 Å². The molecule has 0 unspecified atom stereocenters. The Hall–Kier alpha value is -2.57. The van der Waals surface area contributed by atoms with Crippen molar-refractivity contribution >= 4 is 35.3 Å². The second-order valence-corrected chi connectivity index (χ2v) is 10.1. The van der Waals surface area contributed by atoms with Crippen LogP contribution in [-0.4, -0.2) is 42.9 Å². The Labute approximate surface area is 194 Å². The van der Waals surface area contributed by atoms with E-state index in [2.05, 4.69) is 29.4 Å². The number of hydrogen-bond donors (Lipinski definition) is 2. The van der Waals surface area contributed by atoms with Gasteiger partial charge < -0.3 is 15.5 Å². The maximum absolute atomic E-state index is 12.6. The molecule has 0 bridgehead atoms. The molecule has 4 rings (SSSR count). The summed E-state index contributed by atoms with van der Waals surface area (Å²) in [5, 5.41) is 5.95. The maximum Gasteiger partial charge on any atom is 0.262 e. The minimum Gasteiger partial charge on any atom is -0.352 e. The molecule has 0 aliphatic carbocycles. The van der Waals surface area contributed by atoms with Crippen LogP contribution in [0.1, 0.15) is 42.6 Å². The van der Waals surface area contributed by atoms with E-state index in [1.54, 1.807) is 6.07 Å². The van der Waals surface area contributed by atoms with Crippen molar-refractivity contribution in [2.75, 3.05) is 31.5 Å². The number of anilines is 1. The number of rotatable bonds is 6. The van der Waals surface area contributed by atoms with Crippen molar-refractivity contribution in [3.05, 3.63) is 64.6 Å². The van der Waals surface area contributed by atoms with Crippen LogP contribution in [0.3, 0.4) is 0 Å². The van der Waals surface area contributed by atoms with Gasteiger partial charge >= 0.3 is 0 Å². The topological polar surface area (TPSA) is 61.4 Å². The Balaban J connectivity index is 1.31. The lowest BCUT2D eigenvalue weighted by Crippen LogP contribution is -2.40. The number of fused-ring (bicyclic) bond motifs is 1. The molecule has 0 saturated carbocycles. The zero-order valence-electron chi connectivity index (χ0n) is 18.8. The molecule has 2 atom stereocenters. The quantitative estimate of drug-likeness (QED) is 0.488. The second kappa shape index (κ2) is 10.4. The fourth-order valence-corrected chi connectivity index (χ4v) is 5.52. The van der Waals surface area contributed by atoms with Gasteiger partial charge in [0.25, 0.3) is 11.8 Å². The summed E-state index contributed by atoms with van der Waals surface area (Å²) in [4.78, 5) is 29.3. The van der Waals surface area contributed by atoms with Crippen LogP contribution in [0.2, 0.25) is 0 Å². The van der Waals surface area contributed by atoms with Crippen molar-refractivity contribution in [3.8, 4) is 0 Å². The molecule has 2 heterocycles. The lowest BCUT2D eigenvalue weighted by atomic mass is 9.92. The van der Waals surface area contributed by atoms with Gasteiger partial charge in [0.05, 0.1) is 10.6 Å². The van der Waals surface area contributed by atoms with E-state index in [-0.39, 0.29) is 11.8 Å². The molecule has 1 saturated heterocycles. The number of carbonyl (C=O) groups is 2. The van der Waals surface area contributed by atoms with Crippen molar-refractivity contribution in [2.24, 2.45) is 11.8 Å². The lowest BCUT2D eigenvalue weighted by molar-refractivity contribution is -0.112. The molecule has 2 N–H and O–H groups in total. The molecule has 0 aromatic heterocycles. The van der Waals surface area contributed by atoms with E-state index in [1.807, 2.05) is 48.5 Å². The summed E-state index contributed by atoms with van der Waals surface area (Å²) in [6.07, 6.45) is 4.13. The van der Waals surface area contributed by atoms with Crippen molar-refractivity contribution in [1.29, 1.82) is 0 Å². The van der Waals surface area contributed by atoms with Crippen molar-refractivity contribution in [1.82, 2.24) is 10.2 Å². The first-order valence-corrected chi connectivity index (χ1v) is 12.2. The summed E-state index contributed by atoms with van der Waals surface area (Å²) in [6.45, 7) is 8.61. The van der Waals surface area contributed by atoms with E-state index >= 15 is 0 Å². The van der Waals surface area contributed by atoms with Crippen LogP contribution in [0, 0.1) is 11.8 Å². The van der Waals surface area contributed by atoms with E-state index < -0.39 is 0 Å². The molecule has 5 nitrogen and oxygen atoms in total. The number of likely N-dealkylation sites (tertiary alicyclic amines) is 1. The molecule has 1 fully saturated rings. The molecule has 32 heavy (non-hydrogen) atoms. The van der Waals surface area contributed by atoms with Gasteiger partial charge in [0, 0.05) is 30.1 Å². The highest BCUT2D eigenvalue weighted by Gasteiger charge is 2.23. The van der Waals surface area contributed by atoms with Gasteiger partial charge in [0.2, 0.25) is 0 Å². The fourth-order valence-electron chi connectivity index (χ4n) is 4.58.